The number of nitrogens with zero attached hydrogens (tertiary/aromatic N) is 1. The standard InChI is InChI=1S/C20H29NO5.C11H14O2/c1-13(10-14(2)22)15-6-8-16(9-7-15)25-18-12-21(11-17(18)23)19(24)26-20(3,4)5;1-8(7-9(2)12)10-3-5-11(13)6-4-10/h6-9,13,17-18,23H,10-12H2,1-5H3;3-6,8,13H,7H2,1-2H3/t13-,17+,18?;8-/m11/s1. The molecule has 0 spiro atoms. The number of ether oxygens (including phenoxy) is 2. The van der Waals surface area contributed by atoms with Crippen LogP contribution >= 0.6 is 0 Å². The van der Waals surface area contributed by atoms with Gasteiger partial charge in [0.05, 0.1) is 13.1 Å². The topological polar surface area (TPSA) is 113 Å². The lowest BCUT2D eigenvalue weighted by atomic mass is 9.96. The maximum Gasteiger partial charge on any atom is 0.410 e. The fourth-order valence-corrected chi connectivity index (χ4v) is 4.30. The molecule has 1 aliphatic heterocycles. The van der Waals surface area contributed by atoms with Crippen LogP contribution in [0.2, 0.25) is 0 Å². The van der Waals surface area contributed by atoms with Gasteiger partial charge in [0.1, 0.15) is 40.9 Å². The molecular formula is C31H43NO7. The van der Waals surface area contributed by atoms with Gasteiger partial charge in [0.25, 0.3) is 0 Å². The molecule has 2 aromatic rings. The molecule has 1 fully saturated rings. The molecule has 1 saturated heterocycles. The Labute approximate surface area is 231 Å². The summed E-state index contributed by atoms with van der Waals surface area (Å²) in [5.41, 5.74) is 1.58. The molecule has 39 heavy (non-hydrogen) atoms. The van der Waals surface area contributed by atoms with Crippen LogP contribution < -0.4 is 4.74 Å². The van der Waals surface area contributed by atoms with E-state index < -0.39 is 23.9 Å². The molecule has 0 bridgehead atoms. The van der Waals surface area contributed by atoms with Crippen LogP contribution in [0, 0.1) is 0 Å². The van der Waals surface area contributed by atoms with Crippen molar-refractivity contribution < 1.29 is 34.1 Å². The number of carbonyl (C=O) groups excluding carboxylic acids is 3. The van der Waals surface area contributed by atoms with Gasteiger partial charge < -0.3 is 34.2 Å². The van der Waals surface area contributed by atoms with Crippen molar-refractivity contribution in [2.24, 2.45) is 0 Å². The molecule has 4 atom stereocenters. The number of rotatable bonds is 8. The van der Waals surface area contributed by atoms with E-state index in [1.807, 2.05) is 50.2 Å². The Hall–Kier alpha value is -3.39. The summed E-state index contributed by atoms with van der Waals surface area (Å²) in [5.74, 6) is 1.63. The zero-order chi connectivity index (χ0) is 29.3. The van der Waals surface area contributed by atoms with E-state index in [9.17, 15) is 19.5 Å². The van der Waals surface area contributed by atoms with Gasteiger partial charge in [0.2, 0.25) is 0 Å². The van der Waals surface area contributed by atoms with Gasteiger partial charge in [0, 0.05) is 12.8 Å². The summed E-state index contributed by atoms with van der Waals surface area (Å²) in [4.78, 5) is 35.7. The summed E-state index contributed by atoms with van der Waals surface area (Å²) in [6.45, 7) is 13.1. The molecule has 1 amide bonds. The highest BCUT2D eigenvalue weighted by molar-refractivity contribution is 5.76. The first kappa shape index (κ1) is 31.8. The molecule has 1 heterocycles. The SMILES string of the molecule is CC(=O)C[C@@H](C)c1ccc(O)cc1.CC(=O)C[C@@H](C)c1ccc(OC2CN(C(=O)OC(C)(C)C)C[C@@H]2O)cc1. The number of amides is 1. The molecule has 2 aromatic carbocycles. The lowest BCUT2D eigenvalue weighted by Gasteiger charge is -2.24. The summed E-state index contributed by atoms with van der Waals surface area (Å²) >= 11 is 0. The maximum absolute atomic E-state index is 12.1. The zero-order valence-electron chi connectivity index (χ0n) is 24.1. The van der Waals surface area contributed by atoms with Crippen molar-refractivity contribution in [2.45, 2.75) is 91.0 Å². The number of benzene rings is 2. The van der Waals surface area contributed by atoms with Gasteiger partial charge in [-0.1, -0.05) is 38.1 Å². The van der Waals surface area contributed by atoms with Crippen molar-refractivity contribution in [1.82, 2.24) is 4.90 Å². The molecule has 0 radical (unpaired) electrons. The number of aromatic hydroxyl groups is 1. The molecule has 1 aliphatic rings. The number of aliphatic hydroxyl groups excluding tert-OH is 1. The number of phenols is 1. The van der Waals surface area contributed by atoms with E-state index in [1.165, 1.54) is 4.90 Å². The Bertz CT molecular complexity index is 1090. The summed E-state index contributed by atoms with van der Waals surface area (Å²) in [6.07, 6.45) is -0.644. The van der Waals surface area contributed by atoms with Crippen LogP contribution in [0.3, 0.4) is 0 Å². The Morgan fingerprint density at radius 3 is 1.77 bits per heavy atom. The second kappa shape index (κ2) is 14.1. The lowest BCUT2D eigenvalue weighted by Crippen LogP contribution is -2.36. The molecule has 3 rings (SSSR count). The average molecular weight is 542 g/mol. The minimum atomic E-state index is -0.765. The van der Waals surface area contributed by atoms with E-state index in [0.717, 1.165) is 11.1 Å². The highest BCUT2D eigenvalue weighted by atomic mass is 16.6. The van der Waals surface area contributed by atoms with E-state index in [1.54, 1.807) is 46.8 Å². The monoisotopic (exact) mass is 541 g/mol. The minimum Gasteiger partial charge on any atom is -0.508 e. The van der Waals surface area contributed by atoms with Crippen LogP contribution in [-0.4, -0.2) is 63.7 Å². The van der Waals surface area contributed by atoms with Crippen molar-refractivity contribution in [2.75, 3.05) is 13.1 Å². The Kier molecular flexibility index (Phi) is 11.5. The predicted molar refractivity (Wildman–Crippen MR) is 150 cm³/mol. The van der Waals surface area contributed by atoms with Gasteiger partial charge in [-0.2, -0.15) is 0 Å². The first-order valence-electron chi connectivity index (χ1n) is 13.3. The third kappa shape index (κ3) is 11.1. The van der Waals surface area contributed by atoms with E-state index in [2.05, 4.69) is 0 Å². The summed E-state index contributed by atoms with van der Waals surface area (Å²) in [5, 5.41) is 19.3. The van der Waals surface area contributed by atoms with Crippen molar-refractivity contribution in [1.29, 1.82) is 0 Å². The van der Waals surface area contributed by atoms with Gasteiger partial charge in [-0.3, -0.25) is 0 Å². The van der Waals surface area contributed by atoms with Crippen LogP contribution in [0.15, 0.2) is 48.5 Å². The number of phenolic OH excluding ortho intramolecular Hbond substituents is 1. The molecule has 214 valence electrons. The number of aliphatic hydroxyl groups is 1. The number of hydrogen-bond donors (Lipinski definition) is 2. The third-order valence-corrected chi connectivity index (χ3v) is 6.27. The normalized spacial score (nSPS) is 18.4. The van der Waals surface area contributed by atoms with Crippen LogP contribution in [0.5, 0.6) is 11.5 Å². The van der Waals surface area contributed by atoms with Crippen LogP contribution in [0.1, 0.15) is 84.3 Å². The number of carbonyl (C=O) groups is 3. The smallest absolute Gasteiger partial charge is 0.410 e. The highest BCUT2D eigenvalue weighted by Crippen LogP contribution is 2.25. The average Bonchev–Trinajstić information content (AvgIpc) is 3.19. The lowest BCUT2D eigenvalue weighted by molar-refractivity contribution is -0.118. The van der Waals surface area contributed by atoms with Gasteiger partial charge in [-0.15, -0.1) is 0 Å². The van der Waals surface area contributed by atoms with E-state index in [4.69, 9.17) is 14.6 Å². The van der Waals surface area contributed by atoms with Gasteiger partial charge in [0.15, 0.2) is 0 Å². The first-order valence-corrected chi connectivity index (χ1v) is 13.3. The molecule has 0 aliphatic carbocycles. The van der Waals surface area contributed by atoms with Crippen molar-refractivity contribution in [3.05, 3.63) is 59.7 Å². The molecule has 0 aromatic heterocycles. The number of β-amino-alcohol motifs (C(OH)–C–C–N with tert-alkyl or cyclic N) is 1. The molecule has 1 unspecified atom stereocenters. The minimum absolute atomic E-state index is 0.154. The summed E-state index contributed by atoms with van der Waals surface area (Å²) in [6, 6.07) is 14.5. The second-order valence-corrected chi connectivity index (χ2v) is 11.4. The largest absolute Gasteiger partial charge is 0.508 e. The van der Waals surface area contributed by atoms with Gasteiger partial charge in [-0.25, -0.2) is 4.79 Å². The molecule has 0 saturated carbocycles. The highest BCUT2D eigenvalue weighted by Gasteiger charge is 2.37. The Balaban J connectivity index is 0.000000344. The fourth-order valence-electron chi connectivity index (χ4n) is 4.30. The van der Waals surface area contributed by atoms with Crippen molar-refractivity contribution in [3.63, 3.8) is 0 Å². The van der Waals surface area contributed by atoms with Gasteiger partial charge >= 0.3 is 6.09 Å². The number of hydrogen-bond acceptors (Lipinski definition) is 7. The number of ketones is 2. The zero-order valence-corrected chi connectivity index (χ0v) is 24.1. The summed E-state index contributed by atoms with van der Waals surface area (Å²) in [7, 11) is 0. The molecule has 8 nitrogen and oxygen atoms in total. The second-order valence-electron chi connectivity index (χ2n) is 11.4. The first-order chi connectivity index (χ1) is 18.1. The van der Waals surface area contributed by atoms with Crippen molar-refractivity contribution >= 4 is 17.7 Å². The quantitative estimate of drug-likeness (QED) is 0.447. The summed E-state index contributed by atoms with van der Waals surface area (Å²) < 4.78 is 11.2. The molecule has 2 N–H and O–H groups in total. The maximum atomic E-state index is 12.1. The Morgan fingerprint density at radius 2 is 1.33 bits per heavy atom. The van der Waals surface area contributed by atoms with E-state index in [-0.39, 0.29) is 42.2 Å². The van der Waals surface area contributed by atoms with E-state index in [0.29, 0.717) is 18.6 Å². The fraction of sp³-hybridized carbons (Fsp3) is 0.516. The predicted octanol–water partition coefficient (Wildman–Crippen LogP) is 5.60. The van der Waals surface area contributed by atoms with Crippen LogP contribution in [0.25, 0.3) is 0 Å². The van der Waals surface area contributed by atoms with E-state index >= 15 is 0 Å². The number of Topliss-reactive ketones (excluding diaryl/α,β-unsaturated/α-hetero) is 2. The Morgan fingerprint density at radius 1 is 0.872 bits per heavy atom. The molecule has 8 heteroatoms. The van der Waals surface area contributed by atoms with Crippen molar-refractivity contribution in [3.8, 4) is 11.5 Å². The third-order valence-electron chi connectivity index (χ3n) is 6.27. The molecular weight excluding hydrogens is 498 g/mol. The van der Waals surface area contributed by atoms with Crippen LogP contribution in [-0.2, 0) is 14.3 Å². The van der Waals surface area contributed by atoms with Crippen LogP contribution in [0.4, 0.5) is 4.79 Å². The van der Waals surface area contributed by atoms with Gasteiger partial charge in [-0.05, 0) is 81.8 Å². The number of likely N-dealkylation sites (tertiary alicyclic amines) is 1.